The standard InChI is InChI=1S/C6H12N2O2/c1-5(7-9-3)6(2)8-10-4/h7-8H,1-2H2,3-4H3. The Morgan fingerprint density at radius 1 is 1.00 bits per heavy atom. The lowest BCUT2D eigenvalue weighted by Gasteiger charge is -2.09. The molecular formula is C6H12N2O2. The average Bonchev–Trinajstić information content (AvgIpc) is 1.89. The van der Waals surface area contributed by atoms with Crippen LogP contribution in [0.2, 0.25) is 0 Å². The van der Waals surface area contributed by atoms with Gasteiger partial charge in [-0.3, -0.25) is 20.6 Å². The zero-order valence-corrected chi connectivity index (χ0v) is 6.23. The predicted octanol–water partition coefficient (Wildman–Crippen LogP) is 0.316. The first kappa shape index (κ1) is 9.00. The molecule has 2 N–H and O–H groups in total. The molecule has 0 spiro atoms. The summed E-state index contributed by atoms with van der Waals surface area (Å²) in [6.07, 6.45) is 0. The molecule has 10 heavy (non-hydrogen) atoms. The summed E-state index contributed by atoms with van der Waals surface area (Å²) in [4.78, 5) is 9.13. The Kier molecular flexibility index (Phi) is 4.36. The molecule has 0 fully saturated rings. The van der Waals surface area contributed by atoms with E-state index >= 15 is 0 Å². The van der Waals surface area contributed by atoms with Crippen molar-refractivity contribution >= 4 is 0 Å². The Bertz CT molecular complexity index is 118. The number of nitrogens with one attached hydrogen (secondary N) is 2. The normalized spacial score (nSPS) is 8.60. The zero-order chi connectivity index (χ0) is 7.98. The monoisotopic (exact) mass is 144 g/mol. The van der Waals surface area contributed by atoms with Crippen LogP contribution in [0.25, 0.3) is 0 Å². The first-order valence-electron chi connectivity index (χ1n) is 2.68. The highest BCUT2D eigenvalue weighted by Gasteiger charge is 1.95. The van der Waals surface area contributed by atoms with Gasteiger partial charge < -0.3 is 0 Å². The van der Waals surface area contributed by atoms with E-state index in [1.165, 1.54) is 14.2 Å². The third-order valence-electron chi connectivity index (χ3n) is 0.815. The number of hydrogen-bond donors (Lipinski definition) is 2. The van der Waals surface area contributed by atoms with Crippen molar-refractivity contribution in [3.8, 4) is 0 Å². The van der Waals surface area contributed by atoms with E-state index in [4.69, 9.17) is 0 Å². The minimum absolute atomic E-state index is 0.532. The summed E-state index contributed by atoms with van der Waals surface area (Å²) in [6, 6.07) is 0. The molecule has 0 bridgehead atoms. The van der Waals surface area contributed by atoms with Crippen LogP contribution in [0.15, 0.2) is 24.6 Å². The highest BCUT2D eigenvalue weighted by Crippen LogP contribution is 1.94. The summed E-state index contributed by atoms with van der Waals surface area (Å²) >= 11 is 0. The highest BCUT2D eigenvalue weighted by molar-refractivity contribution is 5.18. The van der Waals surface area contributed by atoms with E-state index in [9.17, 15) is 0 Å². The van der Waals surface area contributed by atoms with Crippen molar-refractivity contribution < 1.29 is 9.68 Å². The van der Waals surface area contributed by atoms with Gasteiger partial charge in [0.1, 0.15) is 0 Å². The van der Waals surface area contributed by atoms with Gasteiger partial charge in [-0.25, -0.2) is 0 Å². The first-order valence-corrected chi connectivity index (χ1v) is 2.68. The molecule has 0 radical (unpaired) electrons. The molecule has 4 heteroatoms. The third-order valence-corrected chi connectivity index (χ3v) is 0.815. The van der Waals surface area contributed by atoms with Crippen molar-refractivity contribution in [2.24, 2.45) is 0 Å². The molecule has 0 aromatic carbocycles. The fraction of sp³-hybridized carbons (Fsp3) is 0.333. The van der Waals surface area contributed by atoms with Crippen molar-refractivity contribution in [3.05, 3.63) is 24.6 Å². The lowest BCUT2D eigenvalue weighted by molar-refractivity contribution is 0.0975. The van der Waals surface area contributed by atoms with Crippen molar-refractivity contribution in [2.75, 3.05) is 14.2 Å². The fourth-order valence-electron chi connectivity index (χ4n) is 0.370. The van der Waals surface area contributed by atoms with Crippen LogP contribution < -0.4 is 11.0 Å². The van der Waals surface area contributed by atoms with E-state index in [1.54, 1.807) is 0 Å². The molecule has 0 aromatic rings. The lowest BCUT2D eigenvalue weighted by Crippen LogP contribution is -2.20. The number of hydrogen-bond acceptors (Lipinski definition) is 4. The maximum absolute atomic E-state index is 4.57. The van der Waals surface area contributed by atoms with Crippen LogP contribution in [0.4, 0.5) is 0 Å². The van der Waals surface area contributed by atoms with Gasteiger partial charge in [-0.05, 0) is 0 Å². The molecular weight excluding hydrogens is 132 g/mol. The van der Waals surface area contributed by atoms with Crippen molar-refractivity contribution in [1.29, 1.82) is 0 Å². The summed E-state index contributed by atoms with van der Waals surface area (Å²) in [6.45, 7) is 7.17. The van der Waals surface area contributed by atoms with Gasteiger partial charge in [-0.15, -0.1) is 0 Å². The smallest absolute Gasteiger partial charge is 0.0781 e. The van der Waals surface area contributed by atoms with E-state index in [0.717, 1.165) is 0 Å². The summed E-state index contributed by atoms with van der Waals surface area (Å²) in [5, 5.41) is 0. The summed E-state index contributed by atoms with van der Waals surface area (Å²) in [7, 11) is 2.98. The second kappa shape index (κ2) is 4.84. The summed E-state index contributed by atoms with van der Waals surface area (Å²) in [5.41, 5.74) is 6.05. The van der Waals surface area contributed by atoms with Crippen LogP contribution in [-0.2, 0) is 9.68 Å². The minimum atomic E-state index is 0.532. The van der Waals surface area contributed by atoms with Crippen LogP contribution in [0.3, 0.4) is 0 Å². The average molecular weight is 144 g/mol. The topological polar surface area (TPSA) is 42.5 Å². The molecule has 0 unspecified atom stereocenters. The second-order valence-electron chi connectivity index (χ2n) is 1.57. The number of hydroxylamine groups is 2. The van der Waals surface area contributed by atoms with E-state index in [0.29, 0.717) is 11.4 Å². The molecule has 0 saturated heterocycles. The van der Waals surface area contributed by atoms with Crippen LogP contribution in [-0.4, -0.2) is 14.2 Å². The molecule has 0 rings (SSSR count). The van der Waals surface area contributed by atoms with E-state index < -0.39 is 0 Å². The lowest BCUT2D eigenvalue weighted by atomic mass is 10.4. The maximum Gasteiger partial charge on any atom is 0.0781 e. The van der Waals surface area contributed by atoms with Gasteiger partial charge in [0.05, 0.1) is 25.6 Å². The quantitative estimate of drug-likeness (QED) is 0.430. The number of rotatable bonds is 5. The molecule has 4 nitrogen and oxygen atoms in total. The molecule has 0 atom stereocenters. The van der Waals surface area contributed by atoms with Crippen LogP contribution in [0.5, 0.6) is 0 Å². The van der Waals surface area contributed by atoms with Gasteiger partial charge in [0, 0.05) is 0 Å². The van der Waals surface area contributed by atoms with Gasteiger partial charge in [0.25, 0.3) is 0 Å². The van der Waals surface area contributed by atoms with Gasteiger partial charge in [-0.2, -0.15) is 0 Å². The van der Waals surface area contributed by atoms with E-state index in [-0.39, 0.29) is 0 Å². The molecule has 0 heterocycles. The maximum atomic E-state index is 4.57. The largest absolute Gasteiger partial charge is 0.279 e. The van der Waals surface area contributed by atoms with Crippen LogP contribution in [0, 0.1) is 0 Å². The first-order chi connectivity index (χ1) is 4.72. The van der Waals surface area contributed by atoms with Crippen LogP contribution >= 0.6 is 0 Å². The molecule has 0 saturated carbocycles. The molecule has 0 amide bonds. The molecule has 0 aromatic heterocycles. The van der Waals surface area contributed by atoms with E-state index in [1.807, 2.05) is 0 Å². The fourth-order valence-corrected chi connectivity index (χ4v) is 0.370. The molecule has 58 valence electrons. The Labute approximate surface area is 60.4 Å². The Morgan fingerprint density at radius 3 is 1.50 bits per heavy atom. The zero-order valence-electron chi connectivity index (χ0n) is 6.23. The van der Waals surface area contributed by atoms with Crippen molar-refractivity contribution in [3.63, 3.8) is 0 Å². The van der Waals surface area contributed by atoms with Crippen molar-refractivity contribution in [1.82, 2.24) is 11.0 Å². The summed E-state index contributed by atoms with van der Waals surface area (Å²) in [5.74, 6) is 0. The SMILES string of the molecule is C=C(NOC)C(=C)NOC. The highest BCUT2D eigenvalue weighted by atomic mass is 16.6. The van der Waals surface area contributed by atoms with Gasteiger partial charge >= 0.3 is 0 Å². The Balaban J connectivity index is 3.60. The Morgan fingerprint density at radius 2 is 1.30 bits per heavy atom. The second-order valence-corrected chi connectivity index (χ2v) is 1.57. The van der Waals surface area contributed by atoms with E-state index in [2.05, 4.69) is 33.8 Å². The van der Waals surface area contributed by atoms with Gasteiger partial charge in [0.2, 0.25) is 0 Å². The van der Waals surface area contributed by atoms with Crippen LogP contribution in [0.1, 0.15) is 0 Å². The molecule has 0 aliphatic carbocycles. The van der Waals surface area contributed by atoms with Gasteiger partial charge in [0.15, 0.2) is 0 Å². The Hall–Kier alpha value is -1.00. The third kappa shape index (κ3) is 3.11. The van der Waals surface area contributed by atoms with Gasteiger partial charge in [-0.1, -0.05) is 13.2 Å². The molecule has 0 aliphatic rings. The minimum Gasteiger partial charge on any atom is -0.279 e. The predicted molar refractivity (Wildman–Crippen MR) is 38.6 cm³/mol. The molecule has 0 aliphatic heterocycles. The summed E-state index contributed by atoms with van der Waals surface area (Å²) < 4.78 is 0. The van der Waals surface area contributed by atoms with Crippen molar-refractivity contribution in [2.45, 2.75) is 0 Å².